The van der Waals surface area contributed by atoms with Crippen LogP contribution < -0.4 is 5.32 Å². The zero-order chi connectivity index (χ0) is 21.3. The van der Waals surface area contributed by atoms with Gasteiger partial charge in [0.25, 0.3) is 5.91 Å². The zero-order valence-electron chi connectivity index (χ0n) is 17.0. The molecule has 0 radical (unpaired) electrons. The molecule has 4 rings (SSSR count). The van der Waals surface area contributed by atoms with Crippen molar-refractivity contribution in [2.45, 2.75) is 20.8 Å². The third-order valence-corrected chi connectivity index (χ3v) is 5.23. The highest BCUT2D eigenvalue weighted by atomic mass is 35.5. The minimum absolute atomic E-state index is 0.103. The minimum Gasteiger partial charge on any atom is -0.319 e. The fourth-order valence-electron chi connectivity index (χ4n) is 3.34. The Morgan fingerprint density at radius 1 is 0.867 bits per heavy atom. The number of benzene rings is 3. The van der Waals surface area contributed by atoms with Crippen LogP contribution in [0.25, 0.3) is 17.1 Å². The summed E-state index contributed by atoms with van der Waals surface area (Å²) in [5.41, 5.74) is 5.46. The molecule has 3 aromatic carbocycles. The summed E-state index contributed by atoms with van der Waals surface area (Å²) in [7, 11) is 0. The molecule has 0 aliphatic carbocycles. The highest BCUT2D eigenvalue weighted by Gasteiger charge is 2.20. The number of halogens is 1. The van der Waals surface area contributed by atoms with Crippen LogP contribution in [-0.4, -0.2) is 20.7 Å². The van der Waals surface area contributed by atoms with Crippen molar-refractivity contribution < 1.29 is 4.79 Å². The van der Waals surface area contributed by atoms with Crippen LogP contribution in [0.5, 0.6) is 0 Å². The van der Waals surface area contributed by atoms with Crippen molar-refractivity contribution in [2.75, 3.05) is 5.32 Å². The van der Waals surface area contributed by atoms with Crippen molar-refractivity contribution in [3.63, 3.8) is 0 Å². The molecule has 30 heavy (non-hydrogen) atoms. The number of aryl methyl sites for hydroxylation is 3. The van der Waals surface area contributed by atoms with E-state index in [1.165, 1.54) is 0 Å². The lowest BCUT2D eigenvalue weighted by Gasteiger charge is -2.09. The Morgan fingerprint density at radius 2 is 1.50 bits per heavy atom. The number of carbonyl (C=O) groups excluding carboxylic acids is 1. The second-order valence-corrected chi connectivity index (χ2v) is 7.62. The number of anilines is 1. The molecular formula is C24H21ClN4O. The van der Waals surface area contributed by atoms with Crippen LogP contribution in [-0.2, 0) is 0 Å². The second-order valence-electron chi connectivity index (χ2n) is 7.19. The first kappa shape index (κ1) is 19.9. The highest BCUT2D eigenvalue weighted by Crippen LogP contribution is 2.25. The summed E-state index contributed by atoms with van der Waals surface area (Å²) in [6.07, 6.45) is 0. The van der Waals surface area contributed by atoms with Crippen molar-refractivity contribution in [2.24, 2.45) is 0 Å². The fourth-order valence-corrected chi connectivity index (χ4v) is 3.47. The summed E-state index contributed by atoms with van der Waals surface area (Å²) < 4.78 is 1.71. The fraction of sp³-hybridized carbons (Fsp3) is 0.125. The molecule has 0 fully saturated rings. The first-order chi connectivity index (χ1) is 14.4. The number of nitrogens with zero attached hydrogens (tertiary/aromatic N) is 3. The lowest BCUT2D eigenvalue weighted by molar-refractivity contribution is 0.101. The Morgan fingerprint density at radius 3 is 2.17 bits per heavy atom. The maximum Gasteiger partial charge on any atom is 0.295 e. The molecule has 4 aromatic rings. The van der Waals surface area contributed by atoms with Gasteiger partial charge in [-0.3, -0.25) is 4.79 Å². The van der Waals surface area contributed by atoms with Gasteiger partial charge in [0.2, 0.25) is 5.82 Å². The standard InChI is InChI=1S/C24H21ClN4O/c1-15-7-4-5-10-20(15)29-23(18-11-13-19(25)14-12-18)27-22(28-29)24(30)26-21-16(2)8-6-9-17(21)3/h4-14H,1-3H3,(H,26,30). The van der Waals surface area contributed by atoms with Crippen LogP contribution in [0, 0.1) is 20.8 Å². The van der Waals surface area contributed by atoms with Crippen molar-refractivity contribution in [1.29, 1.82) is 0 Å². The number of hydrogen-bond acceptors (Lipinski definition) is 3. The summed E-state index contributed by atoms with van der Waals surface area (Å²) in [6.45, 7) is 5.92. The molecule has 0 saturated carbocycles. The third kappa shape index (κ3) is 3.84. The van der Waals surface area contributed by atoms with Crippen LogP contribution in [0.15, 0.2) is 66.7 Å². The van der Waals surface area contributed by atoms with Gasteiger partial charge in [-0.25, -0.2) is 9.67 Å². The van der Waals surface area contributed by atoms with Gasteiger partial charge in [-0.05, 0) is 67.8 Å². The van der Waals surface area contributed by atoms with E-state index in [0.717, 1.165) is 33.6 Å². The van der Waals surface area contributed by atoms with Gasteiger partial charge in [-0.1, -0.05) is 48.0 Å². The molecule has 0 aliphatic rings. The summed E-state index contributed by atoms with van der Waals surface area (Å²) in [5, 5.41) is 8.15. The Kier molecular flexibility index (Phi) is 5.38. The molecule has 6 heteroatoms. The van der Waals surface area contributed by atoms with Gasteiger partial charge < -0.3 is 5.32 Å². The maximum absolute atomic E-state index is 13.0. The van der Waals surface area contributed by atoms with E-state index in [-0.39, 0.29) is 11.7 Å². The molecular weight excluding hydrogens is 396 g/mol. The average molecular weight is 417 g/mol. The van der Waals surface area contributed by atoms with Crippen LogP contribution >= 0.6 is 11.6 Å². The van der Waals surface area contributed by atoms with Gasteiger partial charge in [-0.2, -0.15) is 0 Å². The summed E-state index contributed by atoms with van der Waals surface area (Å²) >= 11 is 6.05. The Labute approximate surface area is 180 Å². The van der Waals surface area contributed by atoms with Crippen molar-refractivity contribution >= 4 is 23.2 Å². The van der Waals surface area contributed by atoms with E-state index >= 15 is 0 Å². The van der Waals surface area contributed by atoms with Crippen LogP contribution in [0.4, 0.5) is 5.69 Å². The number of aromatic nitrogens is 3. The molecule has 150 valence electrons. The normalized spacial score (nSPS) is 10.8. The first-order valence-electron chi connectivity index (χ1n) is 9.60. The number of carbonyl (C=O) groups is 1. The van der Waals surface area contributed by atoms with E-state index in [2.05, 4.69) is 15.4 Å². The molecule has 0 saturated heterocycles. The van der Waals surface area contributed by atoms with Gasteiger partial charge in [-0.15, -0.1) is 5.10 Å². The van der Waals surface area contributed by atoms with E-state index in [1.807, 2.05) is 75.4 Å². The molecule has 0 bridgehead atoms. The zero-order valence-corrected chi connectivity index (χ0v) is 17.7. The van der Waals surface area contributed by atoms with E-state index < -0.39 is 0 Å². The van der Waals surface area contributed by atoms with Gasteiger partial charge in [0.1, 0.15) is 0 Å². The van der Waals surface area contributed by atoms with Crippen molar-refractivity contribution in [3.05, 3.63) is 94.3 Å². The van der Waals surface area contributed by atoms with E-state index in [4.69, 9.17) is 11.6 Å². The summed E-state index contributed by atoms with van der Waals surface area (Å²) in [5.74, 6) is 0.327. The number of amides is 1. The molecule has 0 atom stereocenters. The van der Waals surface area contributed by atoms with Gasteiger partial charge in [0.05, 0.1) is 5.69 Å². The maximum atomic E-state index is 13.0. The predicted molar refractivity (Wildman–Crippen MR) is 120 cm³/mol. The quantitative estimate of drug-likeness (QED) is 0.459. The van der Waals surface area contributed by atoms with Gasteiger partial charge in [0.15, 0.2) is 5.82 Å². The number of nitrogens with one attached hydrogen (secondary N) is 1. The third-order valence-electron chi connectivity index (χ3n) is 4.98. The SMILES string of the molecule is Cc1ccccc1-n1nc(C(=O)Nc2c(C)cccc2C)nc1-c1ccc(Cl)cc1. The monoisotopic (exact) mass is 416 g/mol. The molecule has 1 amide bonds. The number of para-hydroxylation sites is 2. The largest absolute Gasteiger partial charge is 0.319 e. The van der Waals surface area contributed by atoms with E-state index in [9.17, 15) is 4.79 Å². The first-order valence-corrected chi connectivity index (χ1v) is 9.98. The van der Waals surface area contributed by atoms with Crippen molar-refractivity contribution in [3.8, 4) is 17.1 Å². The smallest absolute Gasteiger partial charge is 0.295 e. The van der Waals surface area contributed by atoms with E-state index in [0.29, 0.717) is 10.8 Å². The summed E-state index contributed by atoms with van der Waals surface area (Å²) in [4.78, 5) is 17.6. The second kappa shape index (κ2) is 8.13. The molecule has 0 aliphatic heterocycles. The van der Waals surface area contributed by atoms with Gasteiger partial charge in [0, 0.05) is 16.3 Å². The summed E-state index contributed by atoms with van der Waals surface area (Å²) in [6, 6.07) is 21.1. The Hall–Kier alpha value is -3.44. The van der Waals surface area contributed by atoms with Crippen LogP contribution in [0.3, 0.4) is 0 Å². The van der Waals surface area contributed by atoms with Crippen LogP contribution in [0.1, 0.15) is 27.3 Å². The molecule has 0 spiro atoms. The van der Waals surface area contributed by atoms with Gasteiger partial charge >= 0.3 is 0 Å². The number of rotatable bonds is 4. The number of hydrogen-bond donors (Lipinski definition) is 1. The minimum atomic E-state index is -0.352. The topological polar surface area (TPSA) is 59.8 Å². The molecule has 1 N–H and O–H groups in total. The molecule has 0 unspecified atom stereocenters. The molecule has 5 nitrogen and oxygen atoms in total. The highest BCUT2D eigenvalue weighted by molar-refractivity contribution is 6.30. The van der Waals surface area contributed by atoms with Crippen molar-refractivity contribution in [1.82, 2.24) is 14.8 Å². The lowest BCUT2D eigenvalue weighted by atomic mass is 10.1. The lowest BCUT2D eigenvalue weighted by Crippen LogP contribution is -2.16. The molecule has 1 aromatic heterocycles. The molecule has 1 heterocycles. The predicted octanol–water partition coefficient (Wildman–Crippen LogP) is 5.77. The Balaban J connectivity index is 1.80. The Bertz CT molecular complexity index is 1210. The van der Waals surface area contributed by atoms with E-state index in [1.54, 1.807) is 16.8 Å². The van der Waals surface area contributed by atoms with Crippen LogP contribution in [0.2, 0.25) is 5.02 Å². The average Bonchev–Trinajstić information content (AvgIpc) is 3.17.